The van der Waals surface area contributed by atoms with E-state index in [4.69, 9.17) is 4.74 Å². The summed E-state index contributed by atoms with van der Waals surface area (Å²) in [5.41, 5.74) is 5.30. The highest BCUT2D eigenvalue weighted by atomic mass is 16.5. The molecule has 0 fully saturated rings. The monoisotopic (exact) mass is 379 g/mol. The van der Waals surface area contributed by atoms with Crippen molar-refractivity contribution < 1.29 is 14.1 Å². The number of hydrogen-bond donors (Lipinski definition) is 0. The third kappa shape index (κ3) is 3.19. The third-order valence-electron chi connectivity index (χ3n) is 5.23. The molecule has 0 radical (unpaired) electrons. The van der Waals surface area contributed by atoms with Crippen LogP contribution in [0, 0.1) is 0 Å². The van der Waals surface area contributed by atoms with Crippen molar-refractivity contribution in [2.45, 2.75) is 12.6 Å². The van der Waals surface area contributed by atoms with Crippen LogP contribution in [0.25, 0.3) is 11.1 Å². The van der Waals surface area contributed by atoms with E-state index in [0.29, 0.717) is 11.4 Å². The molecule has 0 unspecified atom stereocenters. The smallest absolute Gasteiger partial charge is 0.388 e. The van der Waals surface area contributed by atoms with Crippen molar-refractivity contribution in [2.75, 3.05) is 0 Å². The average Bonchev–Trinajstić information content (AvgIpc) is 3.10. The summed E-state index contributed by atoms with van der Waals surface area (Å²) in [4.78, 5) is 16.9. The zero-order chi connectivity index (χ0) is 19.6. The first kappa shape index (κ1) is 17.3. The third-order valence-corrected chi connectivity index (χ3v) is 5.23. The lowest BCUT2D eigenvalue weighted by Crippen LogP contribution is -2.40. The second-order valence-electron chi connectivity index (χ2n) is 7.00. The van der Waals surface area contributed by atoms with E-state index in [1.807, 2.05) is 59.2 Å². The number of aromatic nitrogens is 2. The largest absolute Gasteiger partial charge is 0.430 e. The van der Waals surface area contributed by atoms with Crippen LogP contribution in [0.3, 0.4) is 0 Å². The number of ether oxygens (including phenoxy) is 1. The molecule has 0 aliphatic heterocycles. The van der Waals surface area contributed by atoms with Gasteiger partial charge in [0.1, 0.15) is 6.20 Å². The zero-order valence-electron chi connectivity index (χ0n) is 15.7. The molecule has 1 aromatic heterocycles. The summed E-state index contributed by atoms with van der Waals surface area (Å²) in [6.07, 6.45) is 4.89. The van der Waals surface area contributed by atoms with Crippen LogP contribution in [0.15, 0.2) is 97.5 Å². The van der Waals surface area contributed by atoms with Gasteiger partial charge in [-0.2, -0.15) is 4.57 Å². The first-order chi connectivity index (χ1) is 14.3. The molecule has 4 aromatic rings. The zero-order valence-corrected chi connectivity index (χ0v) is 15.7. The SMILES string of the molecule is O=C(C[n+]1ccncc1OC1c2ccccc2-c2ccccc21)c1ccccc1. The van der Waals surface area contributed by atoms with E-state index < -0.39 is 0 Å². The van der Waals surface area contributed by atoms with Crippen LogP contribution in [0.1, 0.15) is 27.6 Å². The highest BCUT2D eigenvalue weighted by Gasteiger charge is 2.32. The first-order valence-corrected chi connectivity index (χ1v) is 9.58. The topological polar surface area (TPSA) is 43.1 Å². The maximum absolute atomic E-state index is 12.7. The number of ketones is 1. The molecule has 29 heavy (non-hydrogen) atoms. The van der Waals surface area contributed by atoms with Crippen molar-refractivity contribution >= 4 is 5.78 Å². The van der Waals surface area contributed by atoms with Gasteiger partial charge in [0.15, 0.2) is 12.3 Å². The molecule has 0 saturated heterocycles. The number of nitrogens with zero attached hydrogens (tertiary/aromatic N) is 2. The Morgan fingerprint density at radius 3 is 2.17 bits per heavy atom. The van der Waals surface area contributed by atoms with Gasteiger partial charge in [0.05, 0.1) is 6.20 Å². The highest BCUT2D eigenvalue weighted by Crippen LogP contribution is 2.44. The lowest BCUT2D eigenvalue weighted by Gasteiger charge is -2.14. The normalized spacial score (nSPS) is 12.3. The van der Waals surface area contributed by atoms with Gasteiger partial charge in [0.2, 0.25) is 12.3 Å². The predicted octanol–water partition coefficient (Wildman–Crippen LogP) is 4.40. The Morgan fingerprint density at radius 2 is 1.48 bits per heavy atom. The molecule has 5 rings (SSSR count). The highest BCUT2D eigenvalue weighted by molar-refractivity contribution is 5.95. The van der Waals surface area contributed by atoms with Gasteiger partial charge in [-0.1, -0.05) is 78.9 Å². The summed E-state index contributed by atoms with van der Waals surface area (Å²) in [6.45, 7) is 0.192. The molecule has 0 spiro atoms. The van der Waals surface area contributed by atoms with Crippen LogP contribution >= 0.6 is 0 Å². The Bertz CT molecular complexity index is 1140. The van der Waals surface area contributed by atoms with E-state index in [2.05, 4.69) is 29.2 Å². The van der Waals surface area contributed by atoms with Crippen molar-refractivity contribution in [3.8, 4) is 17.0 Å². The molecule has 0 amide bonds. The second-order valence-corrected chi connectivity index (χ2v) is 7.00. The molecule has 0 atom stereocenters. The Hall–Kier alpha value is -3.79. The van der Waals surface area contributed by atoms with Gasteiger partial charge in [-0.15, -0.1) is 0 Å². The van der Waals surface area contributed by atoms with Crippen molar-refractivity contribution in [1.82, 2.24) is 4.98 Å². The maximum atomic E-state index is 12.7. The van der Waals surface area contributed by atoms with E-state index in [-0.39, 0.29) is 18.4 Å². The van der Waals surface area contributed by atoms with Crippen molar-refractivity contribution in [1.29, 1.82) is 0 Å². The molecule has 140 valence electrons. The quantitative estimate of drug-likeness (QED) is 0.381. The summed E-state index contributed by atoms with van der Waals surface area (Å²) in [5, 5.41) is 0. The molecule has 0 N–H and O–H groups in total. The first-order valence-electron chi connectivity index (χ1n) is 9.58. The molecule has 4 nitrogen and oxygen atoms in total. The lowest BCUT2D eigenvalue weighted by molar-refractivity contribution is -0.689. The van der Waals surface area contributed by atoms with E-state index in [1.54, 1.807) is 18.6 Å². The number of Topliss-reactive ketones (excluding diaryl/α,β-unsaturated/α-hetero) is 1. The minimum Gasteiger partial charge on any atom is -0.430 e. The van der Waals surface area contributed by atoms with Crippen LogP contribution < -0.4 is 9.30 Å². The standard InChI is InChI=1S/C25H19N2O2/c28-23(18-8-2-1-3-9-18)17-27-15-14-26-16-24(27)29-25-21-12-6-4-10-19(21)20-11-5-7-13-22(20)25/h1-16,25H,17H2/q+1. The van der Waals surface area contributed by atoms with E-state index in [0.717, 1.165) is 11.1 Å². The fourth-order valence-electron chi connectivity index (χ4n) is 3.83. The lowest BCUT2D eigenvalue weighted by atomic mass is 10.1. The van der Waals surface area contributed by atoms with Crippen LogP contribution in [-0.2, 0) is 6.54 Å². The molecule has 1 aliphatic carbocycles. The molecule has 4 heteroatoms. The Balaban J connectivity index is 1.48. The van der Waals surface area contributed by atoms with Crippen molar-refractivity contribution in [3.05, 3.63) is 114 Å². The molecule has 1 aliphatic rings. The number of benzene rings is 3. The Kier molecular flexibility index (Phi) is 4.37. The van der Waals surface area contributed by atoms with Gasteiger partial charge < -0.3 is 4.74 Å². The van der Waals surface area contributed by atoms with Crippen LogP contribution in [-0.4, -0.2) is 10.8 Å². The molecule has 1 heterocycles. The molecule has 0 bridgehead atoms. The number of hydrogen-bond acceptors (Lipinski definition) is 3. The van der Waals surface area contributed by atoms with Gasteiger partial charge in [0, 0.05) is 16.7 Å². The number of rotatable bonds is 5. The Morgan fingerprint density at radius 1 is 0.862 bits per heavy atom. The van der Waals surface area contributed by atoms with Gasteiger partial charge in [-0.25, -0.2) is 4.98 Å². The fourth-order valence-corrected chi connectivity index (χ4v) is 3.83. The van der Waals surface area contributed by atoms with Crippen LogP contribution in [0.4, 0.5) is 0 Å². The summed E-state index contributed by atoms with van der Waals surface area (Å²) in [6, 6.07) is 25.9. The number of carbonyl (C=O) groups is 1. The number of fused-ring (bicyclic) bond motifs is 3. The molecular weight excluding hydrogens is 360 g/mol. The molecule has 3 aromatic carbocycles. The van der Waals surface area contributed by atoms with Gasteiger partial charge in [0.25, 0.3) is 0 Å². The summed E-state index contributed by atoms with van der Waals surface area (Å²) >= 11 is 0. The van der Waals surface area contributed by atoms with E-state index >= 15 is 0 Å². The van der Waals surface area contributed by atoms with Gasteiger partial charge in [-0.05, 0) is 11.1 Å². The van der Waals surface area contributed by atoms with E-state index in [1.165, 1.54) is 11.1 Å². The summed E-state index contributed by atoms with van der Waals surface area (Å²) in [7, 11) is 0. The molecular formula is C25H19N2O2+. The average molecular weight is 379 g/mol. The Labute approximate surface area is 169 Å². The van der Waals surface area contributed by atoms with Crippen molar-refractivity contribution in [3.63, 3.8) is 0 Å². The van der Waals surface area contributed by atoms with Crippen molar-refractivity contribution in [2.24, 2.45) is 0 Å². The van der Waals surface area contributed by atoms with Gasteiger partial charge >= 0.3 is 5.88 Å². The maximum Gasteiger partial charge on any atom is 0.388 e. The van der Waals surface area contributed by atoms with Crippen LogP contribution in [0.2, 0.25) is 0 Å². The predicted molar refractivity (Wildman–Crippen MR) is 110 cm³/mol. The fraction of sp³-hybridized carbons (Fsp3) is 0.0800. The minimum absolute atomic E-state index is 0.0267. The summed E-state index contributed by atoms with van der Waals surface area (Å²) in [5.74, 6) is 0.590. The van der Waals surface area contributed by atoms with E-state index in [9.17, 15) is 4.79 Å². The summed E-state index contributed by atoms with van der Waals surface area (Å²) < 4.78 is 8.26. The number of carbonyl (C=O) groups excluding carboxylic acids is 1. The van der Waals surface area contributed by atoms with Gasteiger partial charge in [-0.3, -0.25) is 4.79 Å². The second kappa shape index (κ2) is 7.32. The minimum atomic E-state index is -0.232. The molecule has 0 saturated carbocycles. The van der Waals surface area contributed by atoms with Crippen LogP contribution in [0.5, 0.6) is 5.88 Å².